The van der Waals surface area contributed by atoms with Crippen LogP contribution in [0.1, 0.15) is 11.7 Å². The van der Waals surface area contributed by atoms with Crippen LogP contribution in [0.15, 0.2) is 30.5 Å². The van der Waals surface area contributed by atoms with E-state index in [9.17, 15) is 20.3 Å². The number of nitro benzene ring substituents is 1. The van der Waals surface area contributed by atoms with Gasteiger partial charge in [-0.1, -0.05) is 15.9 Å². The average molecular weight is 327 g/mol. The maximum Gasteiger partial charge on any atom is 0.278 e. The molecule has 2 aromatic rings. The summed E-state index contributed by atoms with van der Waals surface area (Å²) in [5, 5.41) is 31.2. The minimum absolute atomic E-state index is 0.0765. The molecule has 2 unspecified atom stereocenters. The molecule has 0 bridgehead atoms. The SMILES string of the molecule is O=[N+]([O-])c1ccc(C(O)C(O)CBr)c2ncccc12. The Kier molecular flexibility index (Phi) is 4.08. The molecule has 6 nitrogen and oxygen atoms in total. The number of hydrogen-bond acceptors (Lipinski definition) is 5. The summed E-state index contributed by atoms with van der Waals surface area (Å²) in [7, 11) is 0. The molecule has 1 heterocycles. The van der Waals surface area contributed by atoms with Gasteiger partial charge in [0.05, 0.1) is 21.9 Å². The van der Waals surface area contributed by atoms with Gasteiger partial charge in [0.25, 0.3) is 5.69 Å². The predicted octanol–water partition coefficient (Wildman–Crippen LogP) is 1.93. The van der Waals surface area contributed by atoms with Gasteiger partial charge >= 0.3 is 0 Å². The van der Waals surface area contributed by atoms with E-state index in [-0.39, 0.29) is 11.0 Å². The third-order valence-corrected chi connectivity index (χ3v) is 3.48. The number of aliphatic hydroxyl groups excluding tert-OH is 2. The quantitative estimate of drug-likeness (QED) is 0.508. The molecule has 0 fully saturated rings. The van der Waals surface area contributed by atoms with E-state index in [0.29, 0.717) is 16.5 Å². The normalized spacial score (nSPS) is 14.3. The lowest BCUT2D eigenvalue weighted by Gasteiger charge is -2.17. The van der Waals surface area contributed by atoms with Gasteiger partial charge in [0.2, 0.25) is 0 Å². The zero-order valence-electron chi connectivity index (χ0n) is 9.73. The number of hydrogen-bond donors (Lipinski definition) is 2. The van der Waals surface area contributed by atoms with Crippen LogP contribution in [0.3, 0.4) is 0 Å². The van der Waals surface area contributed by atoms with Crippen LogP contribution in [0.5, 0.6) is 0 Å². The monoisotopic (exact) mass is 326 g/mol. The van der Waals surface area contributed by atoms with E-state index in [1.165, 1.54) is 18.3 Å². The van der Waals surface area contributed by atoms with Gasteiger partial charge in [0, 0.05) is 23.2 Å². The van der Waals surface area contributed by atoms with Gasteiger partial charge in [-0.3, -0.25) is 15.1 Å². The van der Waals surface area contributed by atoms with Crippen molar-refractivity contribution in [1.82, 2.24) is 4.98 Å². The number of nitrogens with zero attached hydrogens (tertiary/aromatic N) is 2. The van der Waals surface area contributed by atoms with Crippen molar-refractivity contribution in [1.29, 1.82) is 0 Å². The molecule has 0 aliphatic carbocycles. The minimum Gasteiger partial charge on any atom is -0.389 e. The molecule has 1 aromatic heterocycles. The molecule has 1 aromatic carbocycles. The fourth-order valence-corrected chi connectivity index (χ4v) is 2.22. The molecule has 19 heavy (non-hydrogen) atoms. The largest absolute Gasteiger partial charge is 0.389 e. The minimum atomic E-state index is -1.16. The smallest absolute Gasteiger partial charge is 0.278 e. The number of rotatable bonds is 4. The first kappa shape index (κ1) is 13.9. The molecule has 0 aliphatic rings. The van der Waals surface area contributed by atoms with E-state index < -0.39 is 17.1 Å². The number of halogens is 1. The molecular formula is C12H11BrN2O4. The third-order valence-electron chi connectivity index (χ3n) is 2.82. The Hall–Kier alpha value is -1.57. The van der Waals surface area contributed by atoms with Crippen LogP contribution in [0, 0.1) is 10.1 Å². The third kappa shape index (κ3) is 2.58. The van der Waals surface area contributed by atoms with Crippen molar-refractivity contribution in [3.63, 3.8) is 0 Å². The maximum absolute atomic E-state index is 10.9. The molecule has 0 spiro atoms. The first-order chi connectivity index (χ1) is 9.06. The zero-order chi connectivity index (χ0) is 14.0. The van der Waals surface area contributed by atoms with Crippen molar-refractivity contribution in [2.24, 2.45) is 0 Å². The molecule has 0 aliphatic heterocycles. The summed E-state index contributed by atoms with van der Waals surface area (Å²) in [6.07, 6.45) is -0.674. The lowest BCUT2D eigenvalue weighted by atomic mass is 10.0. The summed E-state index contributed by atoms with van der Waals surface area (Å²) >= 11 is 3.08. The fraction of sp³-hybridized carbons (Fsp3) is 0.250. The van der Waals surface area contributed by atoms with Crippen molar-refractivity contribution in [2.75, 3.05) is 5.33 Å². The van der Waals surface area contributed by atoms with E-state index in [0.717, 1.165) is 0 Å². The lowest BCUT2D eigenvalue weighted by molar-refractivity contribution is -0.383. The summed E-state index contributed by atoms with van der Waals surface area (Å²) in [6.45, 7) is 0. The van der Waals surface area contributed by atoms with Gasteiger partial charge in [-0.2, -0.15) is 0 Å². The fourth-order valence-electron chi connectivity index (χ4n) is 1.87. The van der Waals surface area contributed by atoms with Crippen LogP contribution in [-0.2, 0) is 0 Å². The lowest BCUT2D eigenvalue weighted by Crippen LogP contribution is -2.20. The highest BCUT2D eigenvalue weighted by atomic mass is 79.9. The highest BCUT2D eigenvalue weighted by Gasteiger charge is 2.23. The summed E-state index contributed by atoms with van der Waals surface area (Å²) in [5.41, 5.74) is 0.615. The van der Waals surface area contributed by atoms with Gasteiger partial charge in [-0.15, -0.1) is 0 Å². The van der Waals surface area contributed by atoms with Gasteiger partial charge in [-0.05, 0) is 18.2 Å². The summed E-state index contributed by atoms with van der Waals surface area (Å²) in [6, 6.07) is 5.89. The van der Waals surface area contributed by atoms with Crippen molar-refractivity contribution >= 4 is 32.5 Å². The van der Waals surface area contributed by atoms with Crippen molar-refractivity contribution in [3.8, 4) is 0 Å². The average Bonchev–Trinajstić information content (AvgIpc) is 2.44. The Bertz CT molecular complexity index is 620. The number of aliphatic hydroxyl groups is 2. The Morgan fingerprint density at radius 1 is 1.37 bits per heavy atom. The topological polar surface area (TPSA) is 96.5 Å². The highest BCUT2D eigenvalue weighted by molar-refractivity contribution is 9.09. The van der Waals surface area contributed by atoms with Crippen LogP contribution < -0.4 is 0 Å². The molecule has 7 heteroatoms. The number of pyridine rings is 1. The van der Waals surface area contributed by atoms with Crippen LogP contribution in [0.2, 0.25) is 0 Å². The Labute approximate surface area is 117 Å². The summed E-state index contributed by atoms with van der Waals surface area (Å²) < 4.78 is 0. The first-order valence-electron chi connectivity index (χ1n) is 5.50. The second kappa shape index (κ2) is 5.60. The van der Waals surface area contributed by atoms with E-state index >= 15 is 0 Å². The standard InChI is InChI=1S/C12H11BrN2O4/c13-6-10(16)12(17)8-3-4-9(15(18)19)7-2-1-5-14-11(7)8/h1-5,10,12,16-17H,6H2. The molecule has 0 saturated carbocycles. The van der Waals surface area contributed by atoms with Crippen molar-refractivity contribution in [2.45, 2.75) is 12.2 Å². The molecule has 2 N–H and O–H groups in total. The van der Waals surface area contributed by atoms with Crippen LogP contribution in [-0.4, -0.2) is 31.6 Å². The van der Waals surface area contributed by atoms with E-state index in [2.05, 4.69) is 20.9 Å². The first-order valence-corrected chi connectivity index (χ1v) is 6.62. The van der Waals surface area contributed by atoms with Crippen molar-refractivity contribution < 1.29 is 15.1 Å². The number of fused-ring (bicyclic) bond motifs is 1. The van der Waals surface area contributed by atoms with Crippen LogP contribution in [0.25, 0.3) is 10.9 Å². The predicted molar refractivity (Wildman–Crippen MR) is 73.2 cm³/mol. The van der Waals surface area contributed by atoms with E-state index in [1.54, 1.807) is 12.1 Å². The Morgan fingerprint density at radius 3 is 2.74 bits per heavy atom. The van der Waals surface area contributed by atoms with Crippen LogP contribution in [0.4, 0.5) is 5.69 Å². The maximum atomic E-state index is 10.9. The number of alkyl halides is 1. The van der Waals surface area contributed by atoms with Gasteiger partial charge < -0.3 is 10.2 Å². The summed E-state index contributed by atoms with van der Waals surface area (Å²) in [5.74, 6) is 0. The molecular weight excluding hydrogens is 316 g/mol. The van der Waals surface area contributed by atoms with Crippen LogP contribution >= 0.6 is 15.9 Å². The van der Waals surface area contributed by atoms with Gasteiger partial charge in [0.15, 0.2) is 0 Å². The second-order valence-corrected chi connectivity index (χ2v) is 4.64. The molecule has 2 rings (SSSR count). The number of non-ortho nitro benzene ring substituents is 1. The highest BCUT2D eigenvalue weighted by Crippen LogP contribution is 2.31. The number of benzene rings is 1. The number of aromatic nitrogens is 1. The second-order valence-electron chi connectivity index (χ2n) is 4.00. The van der Waals surface area contributed by atoms with Gasteiger partial charge in [-0.25, -0.2) is 0 Å². The van der Waals surface area contributed by atoms with E-state index in [4.69, 9.17) is 0 Å². The Morgan fingerprint density at radius 2 is 2.11 bits per heavy atom. The summed E-state index contributed by atoms with van der Waals surface area (Å²) in [4.78, 5) is 14.5. The van der Waals surface area contributed by atoms with E-state index in [1.807, 2.05) is 0 Å². The molecule has 2 atom stereocenters. The number of nitro groups is 1. The van der Waals surface area contributed by atoms with Crippen molar-refractivity contribution in [3.05, 3.63) is 46.1 Å². The molecule has 0 saturated heterocycles. The molecule has 100 valence electrons. The Balaban J connectivity index is 2.65. The zero-order valence-corrected chi connectivity index (χ0v) is 11.3. The molecule has 0 radical (unpaired) electrons. The molecule has 0 amide bonds. The van der Waals surface area contributed by atoms with Gasteiger partial charge in [0.1, 0.15) is 6.10 Å².